The van der Waals surface area contributed by atoms with Crippen molar-refractivity contribution in [2.24, 2.45) is 5.92 Å². The van der Waals surface area contributed by atoms with Gasteiger partial charge in [-0.05, 0) is 25.2 Å². The van der Waals surface area contributed by atoms with Crippen LogP contribution in [0.1, 0.15) is 43.6 Å². The summed E-state index contributed by atoms with van der Waals surface area (Å²) < 4.78 is 31.8. The average Bonchev–Trinajstić information content (AvgIpc) is 3.12. The van der Waals surface area contributed by atoms with E-state index in [-0.39, 0.29) is 15.9 Å². The van der Waals surface area contributed by atoms with E-state index in [1.165, 1.54) is 16.9 Å². The van der Waals surface area contributed by atoms with Crippen molar-refractivity contribution < 1.29 is 17.9 Å². The Morgan fingerprint density at radius 3 is 2.71 bits per heavy atom. The molecule has 1 aromatic heterocycles. The minimum Gasteiger partial charge on any atom is -0.464 e. The maximum absolute atomic E-state index is 12.8. The first kappa shape index (κ1) is 16.4. The summed E-state index contributed by atoms with van der Waals surface area (Å²) in [5.41, 5.74) is 1.25. The van der Waals surface area contributed by atoms with E-state index in [0.29, 0.717) is 12.5 Å². The molecule has 1 heterocycles. The molecule has 21 heavy (non-hydrogen) atoms. The standard InChI is InChI=1S/C13H20N2O4S2/c1-9(2)6-7-15(10-4-5-10)21(17,18)13-11(12(16)19-3)14-8-20-13/h8-10H,4-7H2,1-3H3. The molecule has 1 saturated carbocycles. The highest BCUT2D eigenvalue weighted by Gasteiger charge is 2.40. The highest BCUT2D eigenvalue weighted by atomic mass is 32.2. The zero-order valence-electron chi connectivity index (χ0n) is 12.4. The van der Waals surface area contributed by atoms with Crippen LogP contribution in [0, 0.1) is 5.92 Å². The molecule has 0 saturated heterocycles. The van der Waals surface area contributed by atoms with E-state index in [0.717, 1.165) is 30.6 Å². The Kier molecular flexibility index (Phi) is 5.00. The lowest BCUT2D eigenvalue weighted by Gasteiger charge is -2.22. The van der Waals surface area contributed by atoms with Gasteiger partial charge in [0.25, 0.3) is 10.0 Å². The molecule has 1 aliphatic rings. The van der Waals surface area contributed by atoms with Crippen LogP contribution >= 0.6 is 11.3 Å². The largest absolute Gasteiger partial charge is 0.464 e. The third-order valence-electron chi connectivity index (χ3n) is 3.34. The highest BCUT2D eigenvalue weighted by Crippen LogP contribution is 2.34. The Morgan fingerprint density at radius 2 is 2.19 bits per heavy atom. The van der Waals surface area contributed by atoms with Crippen LogP contribution in [0.3, 0.4) is 0 Å². The molecular weight excluding hydrogens is 312 g/mol. The Balaban J connectivity index is 2.30. The first-order chi connectivity index (χ1) is 9.87. The first-order valence-electron chi connectivity index (χ1n) is 6.91. The van der Waals surface area contributed by atoms with Gasteiger partial charge in [-0.25, -0.2) is 18.2 Å². The number of hydrogen-bond acceptors (Lipinski definition) is 6. The molecular formula is C13H20N2O4S2. The van der Waals surface area contributed by atoms with Gasteiger partial charge in [-0.2, -0.15) is 4.31 Å². The van der Waals surface area contributed by atoms with Crippen molar-refractivity contribution in [2.45, 2.75) is 43.4 Å². The van der Waals surface area contributed by atoms with E-state index in [1.807, 2.05) is 0 Å². The summed E-state index contributed by atoms with van der Waals surface area (Å²) in [5.74, 6) is -0.294. The molecule has 0 bridgehead atoms. The van der Waals surface area contributed by atoms with Crippen LogP contribution in [-0.4, -0.2) is 43.4 Å². The lowest BCUT2D eigenvalue weighted by molar-refractivity contribution is 0.0590. The normalized spacial score (nSPS) is 15.7. The molecule has 0 radical (unpaired) electrons. The second-order valence-corrected chi connectivity index (χ2v) is 8.45. The fraction of sp³-hybridized carbons (Fsp3) is 0.692. The highest BCUT2D eigenvalue weighted by molar-refractivity contribution is 7.91. The van der Waals surface area contributed by atoms with Crippen LogP contribution in [-0.2, 0) is 14.8 Å². The second kappa shape index (κ2) is 6.41. The van der Waals surface area contributed by atoms with Crippen LogP contribution in [0.4, 0.5) is 0 Å². The number of ether oxygens (including phenoxy) is 1. The fourth-order valence-corrected chi connectivity index (χ4v) is 4.95. The fourth-order valence-electron chi connectivity index (χ4n) is 2.00. The van der Waals surface area contributed by atoms with E-state index in [1.54, 1.807) is 0 Å². The third kappa shape index (κ3) is 3.61. The Hall–Kier alpha value is -0.990. The topological polar surface area (TPSA) is 76.6 Å². The molecule has 1 aliphatic carbocycles. The molecule has 0 N–H and O–H groups in total. The first-order valence-corrected chi connectivity index (χ1v) is 9.23. The second-order valence-electron chi connectivity index (χ2n) is 5.51. The molecule has 8 heteroatoms. The Bertz CT molecular complexity index is 605. The van der Waals surface area contributed by atoms with Crippen LogP contribution in [0.2, 0.25) is 0 Å². The predicted molar refractivity (Wildman–Crippen MR) is 79.8 cm³/mol. The Labute approximate surface area is 129 Å². The quantitative estimate of drug-likeness (QED) is 0.715. The monoisotopic (exact) mass is 332 g/mol. The molecule has 118 valence electrons. The van der Waals surface area contributed by atoms with Crippen molar-refractivity contribution in [1.29, 1.82) is 0 Å². The summed E-state index contributed by atoms with van der Waals surface area (Å²) in [6.45, 7) is 4.59. The number of rotatable bonds is 7. The summed E-state index contributed by atoms with van der Waals surface area (Å²) in [6, 6.07) is 0.0568. The van der Waals surface area contributed by atoms with Gasteiger partial charge in [0.05, 0.1) is 12.6 Å². The van der Waals surface area contributed by atoms with Gasteiger partial charge < -0.3 is 4.74 Å². The smallest absolute Gasteiger partial charge is 0.358 e. The van der Waals surface area contributed by atoms with Gasteiger partial charge in [-0.3, -0.25) is 0 Å². The van der Waals surface area contributed by atoms with Gasteiger partial charge in [0.1, 0.15) is 0 Å². The van der Waals surface area contributed by atoms with Crippen molar-refractivity contribution in [2.75, 3.05) is 13.7 Å². The third-order valence-corrected chi connectivity index (χ3v) is 6.64. The lowest BCUT2D eigenvalue weighted by atomic mass is 10.1. The minimum atomic E-state index is -3.69. The maximum atomic E-state index is 12.8. The molecule has 1 aromatic rings. The maximum Gasteiger partial charge on any atom is 0.358 e. The molecule has 0 aliphatic heterocycles. The van der Waals surface area contributed by atoms with Crippen LogP contribution < -0.4 is 0 Å². The van der Waals surface area contributed by atoms with E-state index < -0.39 is 16.0 Å². The number of thiazole rings is 1. The van der Waals surface area contributed by atoms with Crippen molar-refractivity contribution in [1.82, 2.24) is 9.29 Å². The summed E-state index contributed by atoms with van der Waals surface area (Å²) in [5, 5.41) is 0. The summed E-state index contributed by atoms with van der Waals surface area (Å²) >= 11 is 0.966. The molecule has 0 spiro atoms. The van der Waals surface area contributed by atoms with Crippen molar-refractivity contribution in [3.8, 4) is 0 Å². The Morgan fingerprint density at radius 1 is 1.52 bits per heavy atom. The molecule has 1 fully saturated rings. The molecule has 2 rings (SSSR count). The van der Waals surface area contributed by atoms with Crippen molar-refractivity contribution >= 4 is 27.3 Å². The zero-order valence-corrected chi connectivity index (χ0v) is 14.0. The van der Waals surface area contributed by atoms with Gasteiger partial charge in [0.15, 0.2) is 9.90 Å². The number of aromatic nitrogens is 1. The number of hydrogen-bond donors (Lipinski definition) is 0. The number of carbonyl (C=O) groups is 1. The van der Waals surface area contributed by atoms with Crippen LogP contribution in [0.25, 0.3) is 0 Å². The lowest BCUT2D eigenvalue weighted by Crippen LogP contribution is -2.35. The SMILES string of the molecule is COC(=O)c1ncsc1S(=O)(=O)N(CCC(C)C)C1CC1. The minimum absolute atomic E-state index is 0.00925. The van der Waals surface area contributed by atoms with E-state index >= 15 is 0 Å². The molecule has 0 amide bonds. The van der Waals surface area contributed by atoms with Gasteiger partial charge in [0, 0.05) is 12.6 Å². The van der Waals surface area contributed by atoms with Crippen LogP contribution in [0.5, 0.6) is 0 Å². The molecule has 0 unspecified atom stereocenters. The predicted octanol–water partition coefficient (Wildman–Crippen LogP) is 2.13. The summed E-state index contributed by atoms with van der Waals surface area (Å²) in [6.07, 6.45) is 2.55. The van der Waals surface area contributed by atoms with E-state index in [4.69, 9.17) is 0 Å². The van der Waals surface area contributed by atoms with E-state index in [2.05, 4.69) is 23.6 Å². The molecule has 0 atom stereocenters. The summed E-state index contributed by atoms with van der Waals surface area (Å²) in [7, 11) is -2.47. The van der Waals surface area contributed by atoms with Crippen molar-refractivity contribution in [3.63, 3.8) is 0 Å². The van der Waals surface area contributed by atoms with Gasteiger partial charge in [-0.1, -0.05) is 13.8 Å². The number of carbonyl (C=O) groups excluding carboxylic acids is 1. The van der Waals surface area contributed by atoms with E-state index in [9.17, 15) is 13.2 Å². The van der Waals surface area contributed by atoms with Gasteiger partial charge in [-0.15, -0.1) is 11.3 Å². The number of methoxy groups -OCH3 is 1. The molecule has 6 nitrogen and oxygen atoms in total. The number of nitrogens with zero attached hydrogens (tertiary/aromatic N) is 2. The van der Waals surface area contributed by atoms with Crippen molar-refractivity contribution in [3.05, 3.63) is 11.2 Å². The number of esters is 1. The summed E-state index contributed by atoms with van der Waals surface area (Å²) in [4.78, 5) is 15.5. The molecule has 0 aromatic carbocycles. The average molecular weight is 332 g/mol. The number of sulfonamides is 1. The van der Waals surface area contributed by atoms with Gasteiger partial charge in [0.2, 0.25) is 0 Å². The zero-order chi connectivity index (χ0) is 15.6. The van der Waals surface area contributed by atoms with Crippen LogP contribution in [0.15, 0.2) is 9.72 Å². The van der Waals surface area contributed by atoms with Gasteiger partial charge >= 0.3 is 5.97 Å².